The van der Waals surface area contributed by atoms with Crippen LogP contribution in [-0.4, -0.2) is 23.2 Å². The van der Waals surface area contributed by atoms with Crippen molar-refractivity contribution in [2.45, 2.75) is 44.7 Å². The lowest BCUT2D eigenvalue weighted by molar-refractivity contribution is -0.135. The molecule has 3 aliphatic rings. The van der Waals surface area contributed by atoms with E-state index in [0.717, 1.165) is 37.7 Å². The largest absolute Gasteiger partial charge is 0.415 e. The van der Waals surface area contributed by atoms with Crippen LogP contribution in [0.1, 0.15) is 47.7 Å². The Labute approximate surface area is 167 Å². The molecule has 0 N–H and O–H groups in total. The van der Waals surface area contributed by atoms with Gasteiger partial charge in [-0.15, -0.1) is 11.3 Å². The molecule has 0 bridgehead atoms. The third-order valence-corrected chi connectivity index (χ3v) is 6.91. The highest BCUT2D eigenvalue weighted by Crippen LogP contribution is 2.41. The molecule has 6 heteroatoms. The Balaban J connectivity index is 1.39. The van der Waals surface area contributed by atoms with E-state index in [-0.39, 0.29) is 29.4 Å². The molecule has 0 amide bonds. The number of Topliss-reactive ketones (excluding diaryl/α,β-unsaturated/α-hetero) is 1. The first-order valence-corrected chi connectivity index (χ1v) is 10.8. The number of ether oxygens (including phenoxy) is 1. The Bertz CT molecular complexity index is 932. The molecule has 0 radical (unpaired) electrons. The molecular weight excluding hydrogens is 377 g/mol. The van der Waals surface area contributed by atoms with Gasteiger partial charge in [0.05, 0.1) is 12.0 Å². The number of rotatable bonds is 6. The van der Waals surface area contributed by atoms with Crippen molar-refractivity contribution in [2.24, 2.45) is 11.8 Å². The van der Waals surface area contributed by atoms with E-state index in [1.54, 1.807) is 18.2 Å². The summed E-state index contributed by atoms with van der Waals surface area (Å²) in [5.41, 5.74) is 1.55. The van der Waals surface area contributed by atoms with Crippen molar-refractivity contribution in [1.82, 2.24) is 4.90 Å². The molecule has 1 unspecified atom stereocenters. The average Bonchev–Trinajstić information content (AvgIpc) is 3.59. The smallest absolute Gasteiger partial charge is 0.315 e. The predicted octanol–water partition coefficient (Wildman–Crippen LogP) is 4.28. The van der Waals surface area contributed by atoms with E-state index in [4.69, 9.17) is 4.74 Å². The first kappa shape index (κ1) is 18.0. The molecule has 0 saturated heterocycles. The van der Waals surface area contributed by atoms with Gasteiger partial charge in [-0.05, 0) is 49.8 Å². The number of hydrogen-bond acceptors (Lipinski definition) is 5. The summed E-state index contributed by atoms with van der Waals surface area (Å²) in [6.45, 7) is 1.27. The van der Waals surface area contributed by atoms with Crippen LogP contribution in [0.3, 0.4) is 0 Å². The maximum atomic E-state index is 14.5. The van der Waals surface area contributed by atoms with Crippen LogP contribution in [0.15, 0.2) is 30.3 Å². The molecule has 1 atom stereocenters. The van der Waals surface area contributed by atoms with Gasteiger partial charge in [0.25, 0.3) is 0 Å². The SMILES string of the molecule is O=C(Oc1cc2c(s1)CCN(C(C(=O)C1CC1)c1ccccc1F)C2)C1CC1. The van der Waals surface area contributed by atoms with Crippen LogP contribution >= 0.6 is 11.3 Å². The van der Waals surface area contributed by atoms with Gasteiger partial charge in [0.2, 0.25) is 0 Å². The number of carbonyl (C=O) groups excluding carboxylic acids is 2. The second-order valence-electron chi connectivity index (χ2n) is 8.03. The Kier molecular flexibility index (Phi) is 4.56. The lowest BCUT2D eigenvalue weighted by Gasteiger charge is -2.34. The van der Waals surface area contributed by atoms with Gasteiger partial charge in [0.1, 0.15) is 5.82 Å². The van der Waals surface area contributed by atoms with Crippen molar-refractivity contribution >= 4 is 23.1 Å². The number of esters is 1. The van der Waals surface area contributed by atoms with Crippen molar-refractivity contribution in [1.29, 1.82) is 0 Å². The second-order valence-corrected chi connectivity index (χ2v) is 9.13. The van der Waals surface area contributed by atoms with Gasteiger partial charge < -0.3 is 4.74 Å². The number of fused-ring (bicyclic) bond motifs is 1. The Morgan fingerprint density at radius 1 is 1.14 bits per heavy atom. The van der Waals surface area contributed by atoms with Crippen molar-refractivity contribution in [3.8, 4) is 5.06 Å². The Morgan fingerprint density at radius 2 is 1.89 bits per heavy atom. The summed E-state index contributed by atoms with van der Waals surface area (Å²) in [6, 6.07) is 7.99. The van der Waals surface area contributed by atoms with Gasteiger partial charge in [0, 0.05) is 29.4 Å². The predicted molar refractivity (Wildman–Crippen MR) is 104 cm³/mol. The van der Waals surface area contributed by atoms with Gasteiger partial charge >= 0.3 is 5.97 Å². The van der Waals surface area contributed by atoms with Gasteiger partial charge in [-0.3, -0.25) is 14.5 Å². The maximum absolute atomic E-state index is 14.5. The van der Waals surface area contributed by atoms with Crippen LogP contribution in [0, 0.1) is 17.7 Å². The van der Waals surface area contributed by atoms with Crippen LogP contribution in [0.4, 0.5) is 4.39 Å². The number of nitrogens with zero attached hydrogens (tertiary/aromatic N) is 1. The zero-order chi connectivity index (χ0) is 19.3. The van der Waals surface area contributed by atoms with Gasteiger partial charge in [-0.2, -0.15) is 0 Å². The lowest BCUT2D eigenvalue weighted by atomic mass is 9.95. The molecule has 5 rings (SSSR count). The van der Waals surface area contributed by atoms with Crippen molar-refractivity contribution in [3.63, 3.8) is 0 Å². The molecule has 2 aliphatic carbocycles. The van der Waals surface area contributed by atoms with Crippen molar-refractivity contribution < 1.29 is 18.7 Å². The minimum atomic E-state index is -0.542. The van der Waals surface area contributed by atoms with E-state index in [9.17, 15) is 14.0 Å². The van der Waals surface area contributed by atoms with E-state index >= 15 is 0 Å². The van der Waals surface area contributed by atoms with E-state index in [1.807, 2.05) is 6.07 Å². The minimum absolute atomic E-state index is 0.0588. The highest BCUT2D eigenvalue weighted by molar-refractivity contribution is 7.14. The van der Waals surface area contributed by atoms with Crippen molar-refractivity contribution in [3.05, 3.63) is 52.2 Å². The van der Waals surface area contributed by atoms with E-state index < -0.39 is 6.04 Å². The zero-order valence-electron chi connectivity index (χ0n) is 15.5. The zero-order valence-corrected chi connectivity index (χ0v) is 16.3. The Hall–Kier alpha value is -2.05. The molecule has 28 heavy (non-hydrogen) atoms. The van der Waals surface area contributed by atoms with Crippen LogP contribution in [0.25, 0.3) is 0 Å². The number of benzene rings is 1. The number of ketones is 1. The van der Waals surface area contributed by atoms with Gasteiger partial charge in [0.15, 0.2) is 10.8 Å². The van der Waals surface area contributed by atoms with Crippen LogP contribution in [0.2, 0.25) is 0 Å². The van der Waals surface area contributed by atoms with Gasteiger partial charge in [-0.25, -0.2) is 4.39 Å². The highest BCUT2D eigenvalue weighted by atomic mass is 32.1. The summed E-state index contributed by atoms with van der Waals surface area (Å²) in [4.78, 5) is 28.2. The Morgan fingerprint density at radius 3 is 2.61 bits per heavy atom. The quantitative estimate of drug-likeness (QED) is 0.680. The lowest BCUT2D eigenvalue weighted by Crippen LogP contribution is -2.38. The summed E-state index contributed by atoms with van der Waals surface area (Å²) in [6.07, 6.45) is 4.44. The van der Waals surface area contributed by atoms with E-state index in [0.29, 0.717) is 23.7 Å². The highest BCUT2D eigenvalue weighted by Gasteiger charge is 2.40. The summed E-state index contributed by atoms with van der Waals surface area (Å²) < 4.78 is 20.0. The summed E-state index contributed by atoms with van der Waals surface area (Å²) >= 11 is 1.52. The molecule has 1 aliphatic heterocycles. The van der Waals surface area contributed by atoms with E-state index in [2.05, 4.69) is 4.90 Å². The average molecular weight is 399 g/mol. The van der Waals surface area contributed by atoms with E-state index in [1.165, 1.54) is 22.3 Å². The molecule has 1 aromatic carbocycles. The summed E-state index contributed by atoms with van der Waals surface area (Å²) in [5.74, 6) is -0.204. The normalized spacial score (nSPS) is 20.5. The molecule has 2 aromatic rings. The second kappa shape index (κ2) is 7.08. The topological polar surface area (TPSA) is 46.6 Å². The molecule has 2 saturated carbocycles. The fourth-order valence-electron chi connectivity index (χ4n) is 3.92. The monoisotopic (exact) mass is 399 g/mol. The standard InChI is InChI=1S/C22H22FNO3S/c23-17-4-2-1-3-16(17)20(21(25)13-5-6-13)24-10-9-18-15(12-24)11-19(28-18)27-22(26)14-7-8-14/h1-4,11,13-14,20H,5-10,12H2. The fourth-order valence-corrected chi connectivity index (χ4v) is 4.93. The number of hydrogen-bond donors (Lipinski definition) is 0. The van der Waals surface area contributed by atoms with Crippen LogP contribution < -0.4 is 4.74 Å². The third-order valence-electron chi connectivity index (χ3n) is 5.80. The van der Waals surface area contributed by atoms with Crippen LogP contribution in [0.5, 0.6) is 5.06 Å². The molecule has 2 fully saturated rings. The molecule has 2 heterocycles. The maximum Gasteiger partial charge on any atom is 0.315 e. The number of carbonyl (C=O) groups is 2. The van der Waals surface area contributed by atoms with Gasteiger partial charge in [-0.1, -0.05) is 18.2 Å². The van der Waals surface area contributed by atoms with Crippen molar-refractivity contribution in [2.75, 3.05) is 6.54 Å². The first-order chi connectivity index (χ1) is 13.6. The molecular formula is C22H22FNO3S. The molecule has 4 nitrogen and oxygen atoms in total. The summed E-state index contributed by atoms with van der Waals surface area (Å²) in [7, 11) is 0. The third kappa shape index (κ3) is 3.51. The molecule has 146 valence electrons. The fraction of sp³-hybridized carbons (Fsp3) is 0.455. The molecule has 0 spiro atoms. The summed E-state index contributed by atoms with van der Waals surface area (Å²) in [5, 5.41) is 0.639. The van der Waals surface area contributed by atoms with Crippen LogP contribution in [-0.2, 0) is 22.6 Å². The minimum Gasteiger partial charge on any atom is -0.415 e. The number of thiophene rings is 1. The first-order valence-electron chi connectivity index (χ1n) is 9.95. The number of halogens is 1. The molecule has 1 aromatic heterocycles.